The molecule has 2 rings (SSSR count). The van der Waals surface area contributed by atoms with Crippen LogP contribution in [0.4, 0.5) is 5.69 Å². The van der Waals surface area contributed by atoms with Gasteiger partial charge in [0.1, 0.15) is 11.5 Å². The Morgan fingerprint density at radius 1 is 1.00 bits per heavy atom. The van der Waals surface area contributed by atoms with Crippen LogP contribution in [0.2, 0.25) is 0 Å². The van der Waals surface area contributed by atoms with Crippen molar-refractivity contribution in [1.82, 2.24) is 0 Å². The Labute approximate surface area is 103 Å². The molecular formula is C14H21NO2. The molecule has 0 atom stereocenters. The van der Waals surface area contributed by atoms with Crippen molar-refractivity contribution in [2.75, 3.05) is 12.8 Å². The Bertz CT molecular complexity index is 357. The average molecular weight is 235 g/mol. The van der Waals surface area contributed by atoms with Crippen LogP contribution < -0.4 is 15.2 Å². The molecule has 0 spiro atoms. The highest BCUT2D eigenvalue weighted by Crippen LogP contribution is 2.28. The van der Waals surface area contributed by atoms with Gasteiger partial charge in [0.05, 0.1) is 13.2 Å². The second-order valence-electron chi connectivity index (χ2n) is 4.67. The summed E-state index contributed by atoms with van der Waals surface area (Å²) in [6.07, 6.45) is 7.84. The third-order valence-corrected chi connectivity index (χ3v) is 3.24. The highest BCUT2D eigenvalue weighted by atomic mass is 16.5. The fourth-order valence-corrected chi connectivity index (χ4v) is 2.33. The maximum atomic E-state index is 6.00. The molecule has 0 amide bonds. The lowest BCUT2D eigenvalue weighted by Crippen LogP contribution is -2.15. The molecule has 17 heavy (non-hydrogen) atoms. The molecule has 0 bridgehead atoms. The molecule has 1 saturated carbocycles. The second-order valence-corrected chi connectivity index (χ2v) is 4.67. The minimum Gasteiger partial charge on any atom is -0.497 e. The summed E-state index contributed by atoms with van der Waals surface area (Å²) in [7, 11) is 1.64. The van der Waals surface area contributed by atoms with Crippen LogP contribution in [0, 0.1) is 0 Å². The van der Waals surface area contributed by atoms with E-state index in [1.165, 1.54) is 25.7 Å². The lowest BCUT2D eigenvalue weighted by Gasteiger charge is -2.17. The zero-order chi connectivity index (χ0) is 12.1. The maximum absolute atomic E-state index is 6.00. The van der Waals surface area contributed by atoms with Crippen LogP contribution in [0.15, 0.2) is 18.2 Å². The quantitative estimate of drug-likeness (QED) is 0.645. The van der Waals surface area contributed by atoms with Crippen molar-refractivity contribution >= 4 is 5.69 Å². The normalized spacial score (nSPS) is 17.5. The molecule has 1 fully saturated rings. The molecule has 3 nitrogen and oxygen atoms in total. The van der Waals surface area contributed by atoms with E-state index in [-0.39, 0.29) is 0 Å². The van der Waals surface area contributed by atoms with E-state index in [4.69, 9.17) is 15.2 Å². The lowest BCUT2D eigenvalue weighted by molar-refractivity contribution is 0.183. The van der Waals surface area contributed by atoms with Gasteiger partial charge in [-0.2, -0.15) is 0 Å². The maximum Gasteiger partial charge on any atom is 0.125 e. The van der Waals surface area contributed by atoms with E-state index in [1.807, 2.05) is 12.1 Å². The zero-order valence-corrected chi connectivity index (χ0v) is 10.4. The fourth-order valence-electron chi connectivity index (χ4n) is 2.33. The van der Waals surface area contributed by atoms with Crippen molar-refractivity contribution in [3.05, 3.63) is 18.2 Å². The summed E-state index contributed by atoms with van der Waals surface area (Å²) in [5.74, 6) is 1.59. The standard InChI is InChI=1S/C14H21NO2/c1-16-13-8-11(15)9-14(10-13)17-12-6-4-2-3-5-7-12/h8-10,12H,2-7,15H2,1H3. The molecule has 0 aromatic heterocycles. The van der Waals surface area contributed by atoms with Crippen molar-refractivity contribution in [1.29, 1.82) is 0 Å². The van der Waals surface area contributed by atoms with Gasteiger partial charge in [0.15, 0.2) is 0 Å². The second kappa shape index (κ2) is 5.80. The summed E-state index contributed by atoms with van der Waals surface area (Å²) in [5, 5.41) is 0. The summed E-state index contributed by atoms with van der Waals surface area (Å²) in [6.45, 7) is 0. The van der Waals surface area contributed by atoms with E-state index >= 15 is 0 Å². The average Bonchev–Trinajstić information content (AvgIpc) is 2.57. The number of nitrogens with two attached hydrogens (primary N) is 1. The van der Waals surface area contributed by atoms with Crippen LogP contribution in [0.1, 0.15) is 38.5 Å². The van der Waals surface area contributed by atoms with Gasteiger partial charge in [-0.3, -0.25) is 0 Å². The van der Waals surface area contributed by atoms with Crippen molar-refractivity contribution in [2.24, 2.45) is 0 Å². The number of anilines is 1. The van der Waals surface area contributed by atoms with Gasteiger partial charge in [0.2, 0.25) is 0 Å². The molecule has 0 unspecified atom stereocenters. The van der Waals surface area contributed by atoms with Gasteiger partial charge in [-0.1, -0.05) is 12.8 Å². The Morgan fingerprint density at radius 3 is 2.29 bits per heavy atom. The molecule has 1 aliphatic rings. The number of nitrogen functional groups attached to an aromatic ring is 1. The molecule has 94 valence electrons. The van der Waals surface area contributed by atoms with Gasteiger partial charge in [0, 0.05) is 23.9 Å². The third-order valence-electron chi connectivity index (χ3n) is 3.24. The van der Waals surface area contributed by atoms with Gasteiger partial charge in [-0.15, -0.1) is 0 Å². The Morgan fingerprint density at radius 2 is 1.65 bits per heavy atom. The number of ether oxygens (including phenoxy) is 2. The molecule has 3 heteroatoms. The molecule has 1 aliphatic carbocycles. The molecule has 0 heterocycles. The molecule has 0 aliphatic heterocycles. The number of hydrogen-bond donors (Lipinski definition) is 1. The predicted octanol–water partition coefficient (Wildman–Crippen LogP) is 3.38. The molecule has 1 aromatic rings. The van der Waals surface area contributed by atoms with Crippen molar-refractivity contribution < 1.29 is 9.47 Å². The first-order valence-electron chi connectivity index (χ1n) is 6.39. The topological polar surface area (TPSA) is 44.5 Å². The van der Waals surface area contributed by atoms with Crippen molar-refractivity contribution in [3.63, 3.8) is 0 Å². The highest BCUT2D eigenvalue weighted by Gasteiger charge is 2.14. The zero-order valence-electron chi connectivity index (χ0n) is 10.4. The van der Waals surface area contributed by atoms with Gasteiger partial charge in [-0.05, 0) is 25.7 Å². The van der Waals surface area contributed by atoms with Crippen LogP contribution in [0.3, 0.4) is 0 Å². The number of methoxy groups -OCH3 is 1. The van der Waals surface area contributed by atoms with Gasteiger partial charge < -0.3 is 15.2 Å². The lowest BCUT2D eigenvalue weighted by atomic mass is 10.1. The van der Waals surface area contributed by atoms with E-state index in [0.29, 0.717) is 11.8 Å². The van der Waals surface area contributed by atoms with E-state index in [0.717, 1.165) is 24.3 Å². The van der Waals surface area contributed by atoms with E-state index < -0.39 is 0 Å². The number of benzene rings is 1. The van der Waals surface area contributed by atoms with E-state index in [1.54, 1.807) is 13.2 Å². The fraction of sp³-hybridized carbons (Fsp3) is 0.571. The first-order valence-corrected chi connectivity index (χ1v) is 6.39. The molecule has 0 saturated heterocycles. The van der Waals surface area contributed by atoms with Gasteiger partial charge in [-0.25, -0.2) is 0 Å². The first kappa shape index (κ1) is 12.1. The summed E-state index contributed by atoms with van der Waals surface area (Å²) in [5.41, 5.74) is 6.50. The molecule has 0 radical (unpaired) electrons. The largest absolute Gasteiger partial charge is 0.497 e. The molecule has 2 N–H and O–H groups in total. The minimum absolute atomic E-state index is 0.337. The minimum atomic E-state index is 0.337. The number of rotatable bonds is 3. The first-order chi connectivity index (χ1) is 8.28. The van der Waals surface area contributed by atoms with Gasteiger partial charge in [0.25, 0.3) is 0 Å². The SMILES string of the molecule is COc1cc(N)cc(OC2CCCCCC2)c1. The van der Waals surface area contributed by atoms with E-state index in [9.17, 15) is 0 Å². The van der Waals surface area contributed by atoms with Crippen LogP contribution >= 0.6 is 0 Å². The molecular weight excluding hydrogens is 214 g/mol. The smallest absolute Gasteiger partial charge is 0.125 e. The number of hydrogen-bond acceptors (Lipinski definition) is 3. The van der Waals surface area contributed by atoms with Crippen LogP contribution in [-0.4, -0.2) is 13.2 Å². The van der Waals surface area contributed by atoms with E-state index in [2.05, 4.69) is 0 Å². The predicted molar refractivity (Wildman–Crippen MR) is 69.5 cm³/mol. The third kappa shape index (κ3) is 3.55. The van der Waals surface area contributed by atoms with Gasteiger partial charge >= 0.3 is 0 Å². The van der Waals surface area contributed by atoms with Crippen LogP contribution in [-0.2, 0) is 0 Å². The monoisotopic (exact) mass is 235 g/mol. The summed E-state index contributed by atoms with van der Waals surface area (Å²) in [4.78, 5) is 0. The van der Waals surface area contributed by atoms with Crippen LogP contribution in [0.5, 0.6) is 11.5 Å². The summed E-state index contributed by atoms with van der Waals surface area (Å²) >= 11 is 0. The van der Waals surface area contributed by atoms with Crippen molar-refractivity contribution in [2.45, 2.75) is 44.6 Å². The van der Waals surface area contributed by atoms with Crippen molar-refractivity contribution in [3.8, 4) is 11.5 Å². The molecule has 1 aromatic carbocycles. The summed E-state index contributed by atoms with van der Waals surface area (Å²) in [6, 6.07) is 5.58. The van der Waals surface area contributed by atoms with Crippen LogP contribution in [0.25, 0.3) is 0 Å². The highest BCUT2D eigenvalue weighted by molar-refractivity contribution is 5.50. The summed E-state index contributed by atoms with van der Waals surface area (Å²) < 4.78 is 11.2. The Hall–Kier alpha value is -1.38. The Balaban J connectivity index is 2.03. The Kier molecular flexibility index (Phi) is 4.13.